The van der Waals surface area contributed by atoms with Gasteiger partial charge in [0.05, 0.1) is 5.52 Å². The summed E-state index contributed by atoms with van der Waals surface area (Å²) in [7, 11) is 1.85. The Morgan fingerprint density at radius 2 is 2.03 bits per heavy atom. The minimum absolute atomic E-state index is 0.238. The summed E-state index contributed by atoms with van der Waals surface area (Å²) < 4.78 is 3.74. The molecule has 0 aliphatic heterocycles. The van der Waals surface area contributed by atoms with Gasteiger partial charge in [0, 0.05) is 48.3 Å². The molecule has 0 atom stereocenters. The highest BCUT2D eigenvalue weighted by atomic mass is 16.1. The van der Waals surface area contributed by atoms with Crippen LogP contribution in [-0.4, -0.2) is 30.2 Å². The van der Waals surface area contributed by atoms with Gasteiger partial charge in [-0.05, 0) is 43.7 Å². The fourth-order valence-corrected chi connectivity index (χ4v) is 3.17. The van der Waals surface area contributed by atoms with E-state index in [-0.39, 0.29) is 5.91 Å². The molecule has 0 fully saturated rings. The summed E-state index contributed by atoms with van der Waals surface area (Å²) in [4.78, 5) is 20.7. The topological polar surface area (TPSA) is 89.7 Å². The highest BCUT2D eigenvalue weighted by Gasteiger charge is 2.13. The minimum Gasteiger partial charge on any atom is -0.323 e. The predicted molar refractivity (Wildman–Crippen MR) is 114 cm³/mol. The lowest BCUT2D eigenvalue weighted by molar-refractivity contribution is -0.111. The molecule has 146 valence electrons. The Kier molecular flexibility index (Phi) is 4.59. The molecular weight excluding hydrogens is 366 g/mol. The maximum absolute atomic E-state index is 11.6. The third kappa shape index (κ3) is 3.60. The number of hydrogen-bond donors (Lipinski definition) is 2. The second-order valence-electron chi connectivity index (χ2n) is 6.81. The van der Waals surface area contributed by atoms with Crippen LogP contribution >= 0.6 is 0 Å². The van der Waals surface area contributed by atoms with Crippen LogP contribution in [0.2, 0.25) is 0 Å². The number of nitrogens with one attached hydrogen (secondary N) is 2. The van der Waals surface area contributed by atoms with E-state index in [2.05, 4.69) is 27.3 Å². The van der Waals surface area contributed by atoms with Crippen molar-refractivity contribution in [3.8, 4) is 5.82 Å². The summed E-state index contributed by atoms with van der Waals surface area (Å²) in [6.07, 6.45) is 6.92. The first-order valence-corrected chi connectivity index (χ1v) is 9.10. The van der Waals surface area contributed by atoms with E-state index < -0.39 is 0 Å². The largest absolute Gasteiger partial charge is 0.323 e. The third-order valence-corrected chi connectivity index (χ3v) is 4.58. The Balaban J connectivity index is 1.74. The third-order valence-electron chi connectivity index (χ3n) is 4.58. The fourth-order valence-electron chi connectivity index (χ4n) is 3.17. The van der Waals surface area contributed by atoms with Gasteiger partial charge >= 0.3 is 0 Å². The Labute approximate surface area is 167 Å². The van der Waals surface area contributed by atoms with E-state index in [0.717, 1.165) is 33.5 Å². The lowest BCUT2D eigenvalue weighted by Gasteiger charge is -2.10. The summed E-state index contributed by atoms with van der Waals surface area (Å²) in [5.74, 6) is 1.69. The molecule has 0 bridgehead atoms. The van der Waals surface area contributed by atoms with Gasteiger partial charge in [-0.3, -0.25) is 9.48 Å². The maximum Gasteiger partial charge on any atom is 0.247 e. The molecule has 8 heteroatoms. The molecule has 3 heterocycles. The quantitative estimate of drug-likeness (QED) is 0.510. The van der Waals surface area contributed by atoms with Crippen molar-refractivity contribution in [3.05, 3.63) is 66.6 Å². The summed E-state index contributed by atoms with van der Waals surface area (Å²) >= 11 is 0. The number of aromatic nitrogens is 5. The second-order valence-corrected chi connectivity index (χ2v) is 6.81. The van der Waals surface area contributed by atoms with Crippen molar-refractivity contribution in [3.63, 3.8) is 0 Å². The van der Waals surface area contributed by atoms with Crippen molar-refractivity contribution in [2.45, 2.75) is 13.8 Å². The van der Waals surface area contributed by atoms with Gasteiger partial charge in [-0.1, -0.05) is 6.58 Å². The number of hydrogen-bond acceptors (Lipinski definition) is 5. The first-order chi connectivity index (χ1) is 13.9. The molecule has 0 saturated carbocycles. The number of nitrogens with zero attached hydrogens (tertiary/aromatic N) is 5. The molecule has 0 unspecified atom stereocenters. The average Bonchev–Trinajstić information content (AvgIpc) is 3.26. The second kappa shape index (κ2) is 7.23. The van der Waals surface area contributed by atoms with Gasteiger partial charge in [-0.15, -0.1) is 0 Å². The molecular formula is C21H21N7O. The molecule has 1 amide bonds. The molecule has 2 N–H and O–H groups in total. The molecule has 4 aromatic rings. The molecule has 29 heavy (non-hydrogen) atoms. The average molecular weight is 387 g/mol. The zero-order valence-electron chi connectivity index (χ0n) is 16.5. The van der Waals surface area contributed by atoms with E-state index in [1.165, 1.54) is 6.08 Å². The number of carbonyl (C=O) groups excluding carboxylic acids is 1. The van der Waals surface area contributed by atoms with Crippen LogP contribution in [-0.2, 0) is 11.8 Å². The highest BCUT2D eigenvalue weighted by molar-refractivity contribution is 6.00. The number of carbonyl (C=O) groups is 1. The van der Waals surface area contributed by atoms with Crippen LogP contribution in [0.1, 0.15) is 11.1 Å². The van der Waals surface area contributed by atoms with Crippen LogP contribution in [0.25, 0.3) is 16.7 Å². The number of fused-ring (bicyclic) bond motifs is 1. The predicted octanol–water partition coefficient (Wildman–Crippen LogP) is 3.64. The van der Waals surface area contributed by atoms with E-state index in [9.17, 15) is 4.79 Å². The van der Waals surface area contributed by atoms with Crippen LogP contribution in [0, 0.1) is 13.8 Å². The van der Waals surface area contributed by atoms with Crippen LogP contribution < -0.4 is 10.6 Å². The monoisotopic (exact) mass is 387 g/mol. The molecule has 8 nitrogen and oxygen atoms in total. The maximum atomic E-state index is 11.6. The van der Waals surface area contributed by atoms with Gasteiger partial charge in [-0.25, -0.2) is 4.98 Å². The Morgan fingerprint density at radius 1 is 1.21 bits per heavy atom. The zero-order valence-corrected chi connectivity index (χ0v) is 16.5. The number of amides is 1. The standard InChI is InChI=1S/C21H21N7O/c1-5-19(29)23-15-6-7-17-16(10-15)14(3)12-28(17)20-13(2)11-22-21(25-20)24-18-8-9-27(4)26-18/h5-12H,1H2,2-4H3,(H,23,29)(H,22,24,25,26). The summed E-state index contributed by atoms with van der Waals surface area (Å²) in [6, 6.07) is 7.64. The Morgan fingerprint density at radius 3 is 2.76 bits per heavy atom. The van der Waals surface area contributed by atoms with Crippen molar-refractivity contribution in [1.82, 2.24) is 24.3 Å². The van der Waals surface area contributed by atoms with Crippen molar-refractivity contribution >= 4 is 34.3 Å². The Hall–Kier alpha value is -3.94. The van der Waals surface area contributed by atoms with Crippen molar-refractivity contribution in [1.29, 1.82) is 0 Å². The molecule has 0 spiro atoms. The fraction of sp³-hybridized carbons (Fsp3) is 0.143. The van der Waals surface area contributed by atoms with Crippen molar-refractivity contribution < 1.29 is 4.79 Å². The number of anilines is 3. The highest BCUT2D eigenvalue weighted by Crippen LogP contribution is 2.28. The summed E-state index contributed by atoms with van der Waals surface area (Å²) in [5, 5.41) is 11.3. The molecule has 1 aromatic carbocycles. The smallest absolute Gasteiger partial charge is 0.247 e. The SMILES string of the molecule is C=CC(=O)Nc1ccc2c(c1)c(C)cn2-c1nc(Nc2ccn(C)n2)ncc1C. The molecule has 0 radical (unpaired) electrons. The minimum atomic E-state index is -0.238. The van der Waals surface area contributed by atoms with Gasteiger partial charge in [0.1, 0.15) is 5.82 Å². The van der Waals surface area contributed by atoms with Crippen LogP contribution in [0.15, 0.2) is 55.5 Å². The van der Waals surface area contributed by atoms with E-state index in [1.807, 2.05) is 62.1 Å². The van der Waals surface area contributed by atoms with Crippen LogP contribution in [0.4, 0.5) is 17.5 Å². The number of aryl methyl sites for hydroxylation is 3. The van der Waals surface area contributed by atoms with Gasteiger partial charge in [0.15, 0.2) is 5.82 Å². The molecule has 0 aliphatic carbocycles. The van der Waals surface area contributed by atoms with Gasteiger partial charge in [0.2, 0.25) is 11.9 Å². The normalized spacial score (nSPS) is 10.9. The molecule has 4 rings (SSSR count). The number of benzene rings is 1. The van der Waals surface area contributed by atoms with Gasteiger partial charge < -0.3 is 15.2 Å². The molecule has 0 aliphatic rings. The van der Waals surface area contributed by atoms with E-state index in [0.29, 0.717) is 11.8 Å². The number of rotatable bonds is 5. The Bertz CT molecular complexity index is 1240. The van der Waals surface area contributed by atoms with E-state index >= 15 is 0 Å². The zero-order chi connectivity index (χ0) is 20.5. The first kappa shape index (κ1) is 18.4. The van der Waals surface area contributed by atoms with Crippen LogP contribution in [0.3, 0.4) is 0 Å². The van der Waals surface area contributed by atoms with Crippen molar-refractivity contribution in [2.24, 2.45) is 7.05 Å². The molecule has 0 saturated heterocycles. The van der Waals surface area contributed by atoms with Crippen LogP contribution in [0.5, 0.6) is 0 Å². The van der Waals surface area contributed by atoms with E-state index in [1.54, 1.807) is 10.9 Å². The molecule has 3 aromatic heterocycles. The summed E-state index contributed by atoms with van der Waals surface area (Å²) in [6.45, 7) is 7.49. The van der Waals surface area contributed by atoms with Gasteiger partial charge in [0.25, 0.3) is 0 Å². The van der Waals surface area contributed by atoms with Gasteiger partial charge in [-0.2, -0.15) is 10.1 Å². The van der Waals surface area contributed by atoms with Crippen molar-refractivity contribution in [2.75, 3.05) is 10.6 Å². The lowest BCUT2D eigenvalue weighted by Crippen LogP contribution is -2.07. The summed E-state index contributed by atoms with van der Waals surface area (Å²) in [5.41, 5.74) is 3.73. The van der Waals surface area contributed by atoms with E-state index in [4.69, 9.17) is 4.98 Å². The first-order valence-electron chi connectivity index (χ1n) is 9.10. The lowest BCUT2D eigenvalue weighted by atomic mass is 10.1.